The minimum Gasteiger partial charge on any atom is -0.392 e. The van der Waals surface area contributed by atoms with E-state index in [1.54, 1.807) is 24.2 Å². The van der Waals surface area contributed by atoms with Gasteiger partial charge in [0.2, 0.25) is 0 Å². The van der Waals surface area contributed by atoms with E-state index in [2.05, 4.69) is 25.8 Å². The second-order valence-corrected chi connectivity index (χ2v) is 7.00. The highest BCUT2D eigenvalue weighted by atomic mass is 35.5. The molecule has 90 valence electrons. The number of rotatable bonds is 4. The van der Waals surface area contributed by atoms with Gasteiger partial charge < -0.3 is 5.11 Å². The second-order valence-electron chi connectivity index (χ2n) is 4.75. The van der Waals surface area contributed by atoms with Crippen molar-refractivity contribution in [2.45, 2.75) is 38.0 Å². The number of hydrogen-bond donors (Lipinski definition) is 1. The Balaban J connectivity index is 2.46. The van der Waals surface area contributed by atoms with Gasteiger partial charge in [-0.25, -0.2) is 0 Å². The van der Waals surface area contributed by atoms with E-state index in [0.29, 0.717) is 11.4 Å². The quantitative estimate of drug-likeness (QED) is 0.902. The molecular formula is C12H18ClNOS. The van der Waals surface area contributed by atoms with E-state index in [0.717, 1.165) is 11.3 Å². The van der Waals surface area contributed by atoms with Gasteiger partial charge >= 0.3 is 0 Å². The third-order valence-electron chi connectivity index (χ3n) is 2.02. The first-order valence-electron chi connectivity index (χ1n) is 5.29. The number of thioether (sulfide) groups is 1. The summed E-state index contributed by atoms with van der Waals surface area (Å²) in [6, 6.07) is 1.85. The molecule has 0 aliphatic heterocycles. The SMILES string of the molecule is CC(C)(C)SCC(O)Cc1ccncc1Cl. The van der Waals surface area contributed by atoms with Crippen molar-refractivity contribution in [1.29, 1.82) is 0 Å². The zero-order chi connectivity index (χ0) is 12.2. The molecule has 0 bridgehead atoms. The lowest BCUT2D eigenvalue weighted by Gasteiger charge is -2.20. The molecule has 1 heterocycles. The second kappa shape index (κ2) is 5.89. The molecule has 0 aliphatic rings. The van der Waals surface area contributed by atoms with Crippen LogP contribution in [0, 0.1) is 0 Å². The lowest BCUT2D eigenvalue weighted by atomic mass is 10.1. The molecule has 4 heteroatoms. The van der Waals surface area contributed by atoms with Crippen LogP contribution in [-0.2, 0) is 6.42 Å². The Kier molecular flexibility index (Phi) is 5.09. The summed E-state index contributed by atoms with van der Waals surface area (Å²) in [4.78, 5) is 3.92. The van der Waals surface area contributed by atoms with Gasteiger partial charge in [0.25, 0.3) is 0 Å². The van der Waals surface area contributed by atoms with Gasteiger partial charge in [0, 0.05) is 29.3 Å². The maximum absolute atomic E-state index is 9.89. The number of pyridine rings is 1. The topological polar surface area (TPSA) is 33.1 Å². The molecule has 0 aliphatic carbocycles. The van der Waals surface area contributed by atoms with Crippen molar-refractivity contribution < 1.29 is 5.11 Å². The molecule has 0 aromatic carbocycles. The molecule has 0 saturated carbocycles. The van der Waals surface area contributed by atoms with E-state index in [1.165, 1.54) is 0 Å². The van der Waals surface area contributed by atoms with Gasteiger partial charge in [-0.3, -0.25) is 4.98 Å². The molecule has 1 aromatic heterocycles. The molecule has 1 N–H and O–H groups in total. The molecule has 1 atom stereocenters. The van der Waals surface area contributed by atoms with Gasteiger partial charge in [-0.15, -0.1) is 0 Å². The number of halogens is 1. The van der Waals surface area contributed by atoms with Crippen molar-refractivity contribution in [2.24, 2.45) is 0 Å². The fraction of sp³-hybridized carbons (Fsp3) is 0.583. The molecule has 16 heavy (non-hydrogen) atoms. The Labute approximate surface area is 106 Å². The summed E-state index contributed by atoms with van der Waals surface area (Å²) in [6.45, 7) is 6.43. The van der Waals surface area contributed by atoms with E-state index in [1.807, 2.05) is 6.07 Å². The monoisotopic (exact) mass is 259 g/mol. The van der Waals surface area contributed by atoms with Crippen LogP contribution in [-0.4, -0.2) is 26.7 Å². The van der Waals surface area contributed by atoms with Crippen LogP contribution >= 0.6 is 23.4 Å². The van der Waals surface area contributed by atoms with E-state index in [9.17, 15) is 5.11 Å². The lowest BCUT2D eigenvalue weighted by molar-refractivity contribution is 0.200. The minimum atomic E-state index is -0.357. The summed E-state index contributed by atoms with van der Waals surface area (Å²) in [5.74, 6) is 0.724. The maximum Gasteiger partial charge on any atom is 0.0671 e. The van der Waals surface area contributed by atoms with E-state index >= 15 is 0 Å². The third-order valence-corrected chi connectivity index (χ3v) is 3.78. The average molecular weight is 260 g/mol. The molecule has 0 amide bonds. The van der Waals surface area contributed by atoms with Crippen LogP contribution in [0.25, 0.3) is 0 Å². The van der Waals surface area contributed by atoms with Gasteiger partial charge in [0.15, 0.2) is 0 Å². The summed E-state index contributed by atoms with van der Waals surface area (Å²) < 4.78 is 0.184. The van der Waals surface area contributed by atoms with Gasteiger partial charge in [-0.1, -0.05) is 32.4 Å². The highest BCUT2D eigenvalue weighted by Crippen LogP contribution is 2.25. The molecule has 0 saturated heterocycles. The lowest BCUT2D eigenvalue weighted by Crippen LogP contribution is -2.19. The van der Waals surface area contributed by atoms with Gasteiger partial charge in [0.1, 0.15) is 0 Å². The molecular weight excluding hydrogens is 242 g/mol. The average Bonchev–Trinajstić information content (AvgIpc) is 2.18. The van der Waals surface area contributed by atoms with Crippen molar-refractivity contribution in [2.75, 3.05) is 5.75 Å². The van der Waals surface area contributed by atoms with Gasteiger partial charge in [0.05, 0.1) is 11.1 Å². The summed E-state index contributed by atoms with van der Waals surface area (Å²) >= 11 is 7.74. The first-order valence-corrected chi connectivity index (χ1v) is 6.65. The number of aliphatic hydroxyl groups excluding tert-OH is 1. The molecule has 0 fully saturated rings. The van der Waals surface area contributed by atoms with Crippen molar-refractivity contribution >= 4 is 23.4 Å². The van der Waals surface area contributed by atoms with Crippen LogP contribution in [0.2, 0.25) is 5.02 Å². The van der Waals surface area contributed by atoms with Crippen LogP contribution in [0.1, 0.15) is 26.3 Å². The summed E-state index contributed by atoms with van der Waals surface area (Å²) in [5.41, 5.74) is 0.957. The van der Waals surface area contributed by atoms with Crippen LogP contribution in [0.3, 0.4) is 0 Å². The molecule has 1 rings (SSSR count). The van der Waals surface area contributed by atoms with Crippen molar-refractivity contribution in [1.82, 2.24) is 4.98 Å². The smallest absolute Gasteiger partial charge is 0.0671 e. The summed E-state index contributed by atoms with van der Waals surface area (Å²) in [7, 11) is 0. The molecule has 1 aromatic rings. The minimum absolute atomic E-state index is 0.184. The first kappa shape index (κ1) is 13.8. The van der Waals surface area contributed by atoms with Gasteiger partial charge in [-0.05, 0) is 11.6 Å². The first-order chi connectivity index (χ1) is 7.38. The number of hydrogen-bond acceptors (Lipinski definition) is 3. The predicted molar refractivity (Wildman–Crippen MR) is 71.2 cm³/mol. The Hall–Kier alpha value is -0.250. The Morgan fingerprint density at radius 3 is 2.75 bits per heavy atom. The van der Waals surface area contributed by atoms with Crippen LogP contribution < -0.4 is 0 Å². The zero-order valence-electron chi connectivity index (χ0n) is 9.90. The normalized spacial score (nSPS) is 13.8. The third kappa shape index (κ3) is 5.19. The van der Waals surface area contributed by atoms with Crippen molar-refractivity contribution in [3.63, 3.8) is 0 Å². The molecule has 1 unspecified atom stereocenters. The highest BCUT2D eigenvalue weighted by molar-refractivity contribution is 8.00. The van der Waals surface area contributed by atoms with Crippen LogP contribution in [0.5, 0.6) is 0 Å². The largest absolute Gasteiger partial charge is 0.392 e. The predicted octanol–water partition coefficient (Wildman–Crippen LogP) is 3.17. The summed E-state index contributed by atoms with van der Waals surface area (Å²) in [5, 5.41) is 10.5. The van der Waals surface area contributed by atoms with Crippen molar-refractivity contribution in [3.05, 3.63) is 29.0 Å². The highest BCUT2D eigenvalue weighted by Gasteiger charge is 2.15. The van der Waals surface area contributed by atoms with Crippen LogP contribution in [0.15, 0.2) is 18.5 Å². The molecule has 0 spiro atoms. The van der Waals surface area contributed by atoms with Gasteiger partial charge in [-0.2, -0.15) is 11.8 Å². The van der Waals surface area contributed by atoms with E-state index in [-0.39, 0.29) is 10.9 Å². The number of aromatic nitrogens is 1. The number of nitrogens with zero attached hydrogens (tertiary/aromatic N) is 1. The standard InChI is InChI=1S/C12H18ClNOS/c1-12(2,3)16-8-10(15)6-9-4-5-14-7-11(9)13/h4-5,7,10,15H,6,8H2,1-3H3. The van der Waals surface area contributed by atoms with E-state index in [4.69, 9.17) is 11.6 Å². The summed E-state index contributed by atoms with van der Waals surface area (Å²) in [6.07, 6.45) is 3.54. The maximum atomic E-state index is 9.89. The van der Waals surface area contributed by atoms with E-state index < -0.39 is 0 Å². The molecule has 2 nitrogen and oxygen atoms in total. The van der Waals surface area contributed by atoms with Crippen molar-refractivity contribution in [3.8, 4) is 0 Å². The Bertz CT molecular complexity index is 338. The Morgan fingerprint density at radius 1 is 1.50 bits per heavy atom. The fourth-order valence-electron chi connectivity index (χ4n) is 1.23. The zero-order valence-corrected chi connectivity index (χ0v) is 11.5. The van der Waals surface area contributed by atoms with Crippen LogP contribution in [0.4, 0.5) is 0 Å². The Morgan fingerprint density at radius 2 is 2.19 bits per heavy atom. The molecule has 0 radical (unpaired) electrons. The fourth-order valence-corrected chi connectivity index (χ4v) is 2.24. The number of aliphatic hydroxyl groups is 1.